The first-order valence-corrected chi connectivity index (χ1v) is 12.1. The average molecular weight is 486 g/mol. The third-order valence-corrected chi connectivity index (χ3v) is 8.43. The van der Waals surface area contributed by atoms with Crippen molar-refractivity contribution in [3.8, 4) is 0 Å². The fraction of sp³-hybridized carbons (Fsp3) is 0.421. The standard InChI is InChI=1S/C19H21Cl2N5O4S/c20-13-2-1-3-14(21)16(13)18(27)24-15-10-22-25-17(15)19(28)23-11-6-8-26(9-7-11)31(29,30)12-4-5-12/h1-3,10-12H,4-9H2,(H,22,25)(H,23,28)(H,24,27). The van der Waals surface area contributed by atoms with E-state index in [2.05, 4.69) is 20.8 Å². The molecule has 1 aliphatic heterocycles. The summed E-state index contributed by atoms with van der Waals surface area (Å²) in [6.07, 6.45) is 3.81. The van der Waals surface area contributed by atoms with Crippen LogP contribution in [0.15, 0.2) is 24.4 Å². The fourth-order valence-corrected chi connectivity index (χ4v) is 5.98. The van der Waals surface area contributed by atoms with Crippen LogP contribution in [0.2, 0.25) is 10.0 Å². The van der Waals surface area contributed by atoms with E-state index in [9.17, 15) is 18.0 Å². The number of hydrogen-bond donors (Lipinski definition) is 3. The van der Waals surface area contributed by atoms with Gasteiger partial charge in [0.25, 0.3) is 11.8 Å². The maximum absolute atomic E-state index is 12.7. The van der Waals surface area contributed by atoms with Crippen LogP contribution in [0.3, 0.4) is 0 Å². The average Bonchev–Trinajstić information content (AvgIpc) is 3.49. The Hall–Kier alpha value is -2.14. The number of benzene rings is 1. The van der Waals surface area contributed by atoms with Gasteiger partial charge in [0.1, 0.15) is 5.69 Å². The molecule has 2 aliphatic rings. The maximum Gasteiger partial charge on any atom is 0.271 e. The highest BCUT2D eigenvalue weighted by molar-refractivity contribution is 7.90. The number of nitrogens with one attached hydrogen (secondary N) is 3. The van der Waals surface area contributed by atoms with Crippen LogP contribution < -0.4 is 10.6 Å². The molecule has 1 aromatic carbocycles. The largest absolute Gasteiger partial charge is 0.348 e. The van der Waals surface area contributed by atoms with E-state index < -0.39 is 21.8 Å². The van der Waals surface area contributed by atoms with Gasteiger partial charge in [0, 0.05) is 19.1 Å². The molecular formula is C19H21Cl2N5O4S. The lowest BCUT2D eigenvalue weighted by Crippen LogP contribution is -2.47. The van der Waals surface area contributed by atoms with Gasteiger partial charge < -0.3 is 10.6 Å². The van der Waals surface area contributed by atoms with Crippen LogP contribution in [-0.2, 0) is 10.0 Å². The van der Waals surface area contributed by atoms with E-state index in [0.717, 1.165) is 12.8 Å². The number of hydrogen-bond acceptors (Lipinski definition) is 5. The number of amides is 2. The van der Waals surface area contributed by atoms with Gasteiger partial charge in [-0.1, -0.05) is 29.3 Å². The van der Waals surface area contributed by atoms with Gasteiger partial charge in [0.2, 0.25) is 10.0 Å². The van der Waals surface area contributed by atoms with Crippen LogP contribution >= 0.6 is 23.2 Å². The summed E-state index contributed by atoms with van der Waals surface area (Å²) < 4.78 is 26.2. The van der Waals surface area contributed by atoms with Crippen LogP contribution in [0.25, 0.3) is 0 Å². The Kier molecular flexibility index (Phi) is 6.25. The van der Waals surface area contributed by atoms with Gasteiger partial charge >= 0.3 is 0 Å². The molecule has 31 heavy (non-hydrogen) atoms. The maximum atomic E-state index is 12.7. The molecule has 2 amide bonds. The molecule has 1 aromatic heterocycles. The Bertz CT molecular complexity index is 1090. The Labute approximate surface area is 189 Å². The first-order chi connectivity index (χ1) is 14.8. The fourth-order valence-electron chi connectivity index (χ4n) is 3.54. The number of nitrogens with zero attached hydrogens (tertiary/aromatic N) is 2. The van der Waals surface area contributed by atoms with Crippen molar-refractivity contribution in [1.82, 2.24) is 19.8 Å². The molecule has 166 valence electrons. The molecule has 0 radical (unpaired) electrons. The monoisotopic (exact) mass is 485 g/mol. The van der Waals surface area contributed by atoms with Gasteiger partial charge in [-0.3, -0.25) is 14.7 Å². The number of carbonyl (C=O) groups excluding carboxylic acids is 2. The van der Waals surface area contributed by atoms with Crippen molar-refractivity contribution in [2.45, 2.75) is 37.0 Å². The molecule has 3 N–H and O–H groups in total. The minimum atomic E-state index is -3.20. The summed E-state index contributed by atoms with van der Waals surface area (Å²) in [5, 5.41) is 12.1. The van der Waals surface area contributed by atoms with Gasteiger partial charge in [0.15, 0.2) is 0 Å². The first-order valence-electron chi connectivity index (χ1n) is 9.86. The normalized spacial score (nSPS) is 18.0. The second-order valence-corrected chi connectivity index (χ2v) is 10.6. The molecule has 1 aliphatic carbocycles. The molecule has 0 bridgehead atoms. The Balaban J connectivity index is 1.38. The third-order valence-electron chi connectivity index (χ3n) is 5.40. The minimum absolute atomic E-state index is 0.0876. The molecule has 2 aromatic rings. The number of aromatic nitrogens is 2. The van der Waals surface area contributed by atoms with Gasteiger partial charge in [-0.25, -0.2) is 12.7 Å². The van der Waals surface area contributed by atoms with Crippen LogP contribution in [0.5, 0.6) is 0 Å². The Morgan fingerprint density at radius 3 is 2.32 bits per heavy atom. The lowest BCUT2D eigenvalue weighted by atomic mass is 10.1. The molecular weight excluding hydrogens is 465 g/mol. The second kappa shape index (κ2) is 8.78. The minimum Gasteiger partial charge on any atom is -0.348 e. The topological polar surface area (TPSA) is 124 Å². The number of sulfonamides is 1. The Morgan fingerprint density at radius 1 is 1.06 bits per heavy atom. The molecule has 1 saturated carbocycles. The smallest absolute Gasteiger partial charge is 0.271 e. The van der Waals surface area contributed by atoms with E-state index in [4.69, 9.17) is 23.2 Å². The molecule has 0 unspecified atom stereocenters. The Morgan fingerprint density at radius 2 is 1.71 bits per heavy atom. The molecule has 9 nitrogen and oxygen atoms in total. The highest BCUT2D eigenvalue weighted by Crippen LogP contribution is 2.32. The van der Waals surface area contributed by atoms with Crippen LogP contribution in [0.4, 0.5) is 5.69 Å². The molecule has 0 atom stereocenters. The zero-order chi connectivity index (χ0) is 22.2. The summed E-state index contributed by atoms with van der Waals surface area (Å²) in [7, 11) is -3.20. The lowest BCUT2D eigenvalue weighted by molar-refractivity contribution is 0.0919. The molecule has 2 fully saturated rings. The highest BCUT2D eigenvalue weighted by atomic mass is 35.5. The predicted octanol–water partition coefficient (Wildman–Crippen LogP) is 2.66. The zero-order valence-corrected chi connectivity index (χ0v) is 18.7. The number of anilines is 1. The summed E-state index contributed by atoms with van der Waals surface area (Å²) >= 11 is 12.1. The zero-order valence-electron chi connectivity index (χ0n) is 16.4. The predicted molar refractivity (Wildman–Crippen MR) is 117 cm³/mol. The molecule has 4 rings (SSSR count). The molecule has 2 heterocycles. The van der Waals surface area contributed by atoms with Crippen molar-refractivity contribution in [2.75, 3.05) is 18.4 Å². The van der Waals surface area contributed by atoms with Gasteiger partial charge in [-0.05, 0) is 37.8 Å². The van der Waals surface area contributed by atoms with E-state index in [0.29, 0.717) is 25.9 Å². The van der Waals surface area contributed by atoms with Crippen molar-refractivity contribution >= 4 is 50.7 Å². The summed E-state index contributed by atoms with van der Waals surface area (Å²) in [4.78, 5) is 25.3. The third kappa shape index (κ3) is 4.72. The van der Waals surface area contributed by atoms with E-state index >= 15 is 0 Å². The quantitative estimate of drug-likeness (QED) is 0.579. The van der Waals surface area contributed by atoms with E-state index in [1.807, 2.05) is 0 Å². The number of H-pyrrole nitrogens is 1. The first kappa shape index (κ1) is 22.1. The number of piperidine rings is 1. The summed E-state index contributed by atoms with van der Waals surface area (Å²) in [6.45, 7) is 0.753. The van der Waals surface area contributed by atoms with Crippen LogP contribution in [0, 0.1) is 0 Å². The van der Waals surface area contributed by atoms with Crippen molar-refractivity contribution in [2.24, 2.45) is 0 Å². The van der Waals surface area contributed by atoms with E-state index in [1.165, 1.54) is 10.5 Å². The van der Waals surface area contributed by atoms with E-state index in [-0.39, 0.29) is 38.3 Å². The lowest BCUT2D eigenvalue weighted by Gasteiger charge is -2.31. The van der Waals surface area contributed by atoms with Crippen molar-refractivity contribution in [3.63, 3.8) is 0 Å². The number of aromatic amines is 1. The summed E-state index contributed by atoms with van der Waals surface area (Å²) in [6, 6.07) is 4.53. The van der Waals surface area contributed by atoms with Gasteiger partial charge in [-0.15, -0.1) is 0 Å². The SMILES string of the molecule is O=C(NC1CCN(S(=O)(=O)C2CC2)CC1)c1[nH]ncc1NC(=O)c1c(Cl)cccc1Cl. The molecule has 1 saturated heterocycles. The van der Waals surface area contributed by atoms with E-state index in [1.54, 1.807) is 18.2 Å². The van der Waals surface area contributed by atoms with Crippen LogP contribution in [0.1, 0.15) is 46.5 Å². The summed E-state index contributed by atoms with van der Waals surface area (Å²) in [5.74, 6) is -1.01. The van der Waals surface area contributed by atoms with Crippen LogP contribution in [-0.4, -0.2) is 59.1 Å². The molecule has 0 spiro atoms. The van der Waals surface area contributed by atoms with Gasteiger partial charge in [-0.2, -0.15) is 5.10 Å². The second-order valence-electron chi connectivity index (χ2n) is 7.60. The number of carbonyl (C=O) groups is 2. The van der Waals surface area contributed by atoms with Gasteiger partial charge in [0.05, 0.1) is 32.7 Å². The highest BCUT2D eigenvalue weighted by Gasteiger charge is 2.41. The number of halogens is 2. The number of rotatable bonds is 6. The summed E-state index contributed by atoms with van der Waals surface area (Å²) in [5.41, 5.74) is 0.374. The molecule has 12 heteroatoms. The van der Waals surface area contributed by atoms with Crippen molar-refractivity contribution in [1.29, 1.82) is 0 Å². The van der Waals surface area contributed by atoms with Crippen molar-refractivity contribution < 1.29 is 18.0 Å². The van der Waals surface area contributed by atoms with Crippen molar-refractivity contribution in [3.05, 3.63) is 45.7 Å².